The molecule has 0 radical (unpaired) electrons. The average Bonchev–Trinajstić information content (AvgIpc) is 2.55. The Labute approximate surface area is 150 Å². The minimum Gasteiger partial charge on any atom is -0.460 e. The van der Waals surface area contributed by atoms with Gasteiger partial charge in [0.2, 0.25) is 0 Å². The largest absolute Gasteiger partial charge is 0.460 e. The molecule has 0 amide bonds. The lowest BCUT2D eigenvalue weighted by Crippen LogP contribution is -2.17. The number of ether oxygens (including phenoxy) is 3. The summed E-state index contributed by atoms with van der Waals surface area (Å²) in [6.07, 6.45) is 1.42. The summed E-state index contributed by atoms with van der Waals surface area (Å²) in [7, 11) is 0. The van der Waals surface area contributed by atoms with E-state index >= 15 is 0 Å². The maximum absolute atomic E-state index is 12.2. The maximum atomic E-state index is 12.2. The summed E-state index contributed by atoms with van der Waals surface area (Å²) in [6, 6.07) is 4.88. The van der Waals surface area contributed by atoms with Crippen molar-refractivity contribution in [2.24, 2.45) is 0 Å². The fourth-order valence-corrected chi connectivity index (χ4v) is 2.59. The van der Waals surface area contributed by atoms with Crippen LogP contribution in [0, 0.1) is 3.57 Å². The lowest BCUT2D eigenvalue weighted by molar-refractivity contribution is 0.0284. The molecule has 5 nitrogen and oxygen atoms in total. The summed E-state index contributed by atoms with van der Waals surface area (Å²) in [6.45, 7) is 6.93. The number of esters is 2. The monoisotopic (exact) mass is 434 g/mol. The van der Waals surface area contributed by atoms with Crippen molar-refractivity contribution in [2.75, 3.05) is 19.8 Å². The topological polar surface area (TPSA) is 61.8 Å². The minimum absolute atomic E-state index is 0.109. The van der Waals surface area contributed by atoms with Gasteiger partial charge in [-0.2, -0.15) is 0 Å². The van der Waals surface area contributed by atoms with Crippen LogP contribution in [-0.4, -0.2) is 37.9 Å². The predicted molar refractivity (Wildman–Crippen MR) is 95.7 cm³/mol. The second-order valence-electron chi connectivity index (χ2n) is 4.91. The zero-order chi connectivity index (χ0) is 17.2. The zero-order valence-corrected chi connectivity index (χ0v) is 15.9. The van der Waals surface area contributed by atoms with Crippen molar-refractivity contribution < 1.29 is 23.8 Å². The Balaban J connectivity index is 2.78. The normalized spacial score (nSPS) is 10.7. The van der Waals surface area contributed by atoms with E-state index in [0.717, 1.165) is 16.4 Å². The van der Waals surface area contributed by atoms with Crippen LogP contribution in [0.1, 0.15) is 54.3 Å². The molecule has 0 N–H and O–H groups in total. The van der Waals surface area contributed by atoms with E-state index in [1.165, 1.54) is 6.07 Å². The van der Waals surface area contributed by atoms with Gasteiger partial charge in [-0.05, 0) is 60.6 Å². The van der Waals surface area contributed by atoms with Gasteiger partial charge in [0.25, 0.3) is 0 Å². The Morgan fingerprint density at radius 1 is 1.00 bits per heavy atom. The second-order valence-corrected chi connectivity index (χ2v) is 6.15. The fraction of sp³-hybridized carbons (Fsp3) is 0.529. The van der Waals surface area contributed by atoms with Gasteiger partial charge in [-0.15, -0.1) is 0 Å². The highest BCUT2D eigenvalue weighted by molar-refractivity contribution is 14.1. The van der Waals surface area contributed by atoms with Crippen LogP contribution < -0.4 is 0 Å². The molecular weight excluding hydrogens is 411 g/mol. The predicted octanol–water partition coefficient (Wildman–Crippen LogP) is 3.83. The molecule has 0 unspecified atom stereocenters. The van der Waals surface area contributed by atoms with E-state index in [2.05, 4.69) is 22.6 Å². The van der Waals surface area contributed by atoms with Crippen LogP contribution >= 0.6 is 22.6 Å². The molecule has 0 saturated heterocycles. The van der Waals surface area contributed by atoms with E-state index in [-0.39, 0.29) is 12.7 Å². The molecule has 0 fully saturated rings. The molecule has 1 rings (SSSR count). The minimum atomic E-state index is -0.472. The lowest BCUT2D eigenvalue weighted by atomic mass is 10.1. The number of rotatable bonds is 9. The zero-order valence-electron chi connectivity index (χ0n) is 13.8. The molecule has 0 aliphatic carbocycles. The van der Waals surface area contributed by atoms with Crippen molar-refractivity contribution in [3.8, 4) is 0 Å². The van der Waals surface area contributed by atoms with Gasteiger partial charge in [-0.1, -0.05) is 13.8 Å². The van der Waals surface area contributed by atoms with Crippen LogP contribution in [-0.2, 0) is 14.2 Å². The number of carbonyl (C=O) groups excluding carboxylic acids is 2. The van der Waals surface area contributed by atoms with Crippen LogP contribution in [0.5, 0.6) is 0 Å². The van der Waals surface area contributed by atoms with Crippen molar-refractivity contribution in [1.82, 2.24) is 0 Å². The highest BCUT2D eigenvalue weighted by atomic mass is 127. The lowest BCUT2D eigenvalue weighted by Gasteiger charge is -2.14. The molecule has 0 aliphatic rings. The first-order valence-electron chi connectivity index (χ1n) is 7.78. The quantitative estimate of drug-likeness (QED) is 0.336. The molecule has 0 spiro atoms. The number of hydrogen-bond donors (Lipinski definition) is 0. The summed E-state index contributed by atoms with van der Waals surface area (Å²) in [5, 5.41) is 0. The van der Waals surface area contributed by atoms with Crippen LogP contribution in [0.4, 0.5) is 0 Å². The van der Waals surface area contributed by atoms with E-state index in [1.54, 1.807) is 12.1 Å². The maximum Gasteiger partial charge on any atom is 0.338 e. The number of hydrogen-bond acceptors (Lipinski definition) is 5. The van der Waals surface area contributed by atoms with Gasteiger partial charge >= 0.3 is 11.9 Å². The molecule has 0 bridgehead atoms. The van der Waals surface area contributed by atoms with Gasteiger partial charge in [0.1, 0.15) is 12.7 Å². The third kappa shape index (κ3) is 6.87. The Morgan fingerprint density at radius 2 is 1.61 bits per heavy atom. The average molecular weight is 434 g/mol. The Morgan fingerprint density at radius 3 is 2.17 bits per heavy atom. The van der Waals surface area contributed by atoms with Crippen molar-refractivity contribution in [3.05, 3.63) is 32.9 Å². The molecule has 6 heteroatoms. The molecule has 128 valence electrons. The Hall–Kier alpha value is -1.15. The standard InChI is InChI=1S/C17H23IO5/c1-4-15(5-2)23-17(20)13-9-12(10-14(18)11-13)16(19)22-8-7-21-6-3/h9-11,15H,4-8H2,1-3H3. The summed E-state index contributed by atoms with van der Waals surface area (Å²) in [5.41, 5.74) is 0.699. The molecule has 0 heterocycles. The van der Waals surface area contributed by atoms with Crippen LogP contribution in [0.3, 0.4) is 0 Å². The van der Waals surface area contributed by atoms with Gasteiger partial charge in [0.15, 0.2) is 0 Å². The number of halogens is 1. The molecular formula is C17H23IO5. The van der Waals surface area contributed by atoms with E-state index in [4.69, 9.17) is 14.2 Å². The Bertz CT molecular complexity index is 526. The third-order valence-corrected chi connectivity index (χ3v) is 3.84. The summed E-state index contributed by atoms with van der Waals surface area (Å²) < 4.78 is 16.4. The Kier molecular flexibility index (Phi) is 9.16. The summed E-state index contributed by atoms with van der Waals surface area (Å²) >= 11 is 2.06. The summed E-state index contributed by atoms with van der Waals surface area (Å²) in [4.78, 5) is 24.2. The van der Waals surface area contributed by atoms with E-state index < -0.39 is 11.9 Å². The van der Waals surface area contributed by atoms with Crippen LogP contribution in [0.2, 0.25) is 0 Å². The van der Waals surface area contributed by atoms with E-state index in [1.807, 2.05) is 20.8 Å². The molecule has 0 aromatic heterocycles. The van der Waals surface area contributed by atoms with Gasteiger partial charge in [0.05, 0.1) is 17.7 Å². The molecule has 1 aromatic rings. The van der Waals surface area contributed by atoms with Gasteiger partial charge in [-0.25, -0.2) is 9.59 Å². The van der Waals surface area contributed by atoms with Crippen molar-refractivity contribution >= 4 is 34.5 Å². The van der Waals surface area contributed by atoms with Crippen molar-refractivity contribution in [3.63, 3.8) is 0 Å². The summed E-state index contributed by atoms with van der Waals surface area (Å²) in [5.74, 6) is -0.889. The van der Waals surface area contributed by atoms with Gasteiger partial charge in [-0.3, -0.25) is 0 Å². The van der Waals surface area contributed by atoms with Crippen LogP contribution in [0.15, 0.2) is 18.2 Å². The first-order valence-corrected chi connectivity index (χ1v) is 8.86. The van der Waals surface area contributed by atoms with Gasteiger partial charge < -0.3 is 14.2 Å². The number of carbonyl (C=O) groups is 2. The van der Waals surface area contributed by atoms with E-state index in [0.29, 0.717) is 24.3 Å². The smallest absolute Gasteiger partial charge is 0.338 e. The highest BCUT2D eigenvalue weighted by Crippen LogP contribution is 2.16. The molecule has 23 heavy (non-hydrogen) atoms. The van der Waals surface area contributed by atoms with Gasteiger partial charge in [0, 0.05) is 10.2 Å². The van der Waals surface area contributed by atoms with Crippen molar-refractivity contribution in [2.45, 2.75) is 39.7 Å². The number of benzene rings is 1. The SMILES string of the molecule is CCOCCOC(=O)c1cc(I)cc(C(=O)OC(CC)CC)c1. The molecule has 0 saturated carbocycles. The highest BCUT2D eigenvalue weighted by Gasteiger charge is 2.17. The van der Waals surface area contributed by atoms with Crippen LogP contribution in [0.25, 0.3) is 0 Å². The van der Waals surface area contributed by atoms with E-state index in [9.17, 15) is 9.59 Å². The fourth-order valence-electron chi connectivity index (χ4n) is 1.92. The molecule has 1 aromatic carbocycles. The first kappa shape index (κ1) is 19.9. The first-order chi connectivity index (χ1) is 11.0. The second kappa shape index (κ2) is 10.6. The van der Waals surface area contributed by atoms with Crippen molar-refractivity contribution in [1.29, 1.82) is 0 Å². The third-order valence-electron chi connectivity index (χ3n) is 3.22. The molecule has 0 atom stereocenters. The molecule has 0 aliphatic heterocycles.